The van der Waals surface area contributed by atoms with E-state index in [4.69, 9.17) is 0 Å². The average molecular weight is 246 g/mol. The predicted molar refractivity (Wildman–Crippen MR) is 78.0 cm³/mol. The summed E-state index contributed by atoms with van der Waals surface area (Å²) in [5.41, 5.74) is 1.45. The van der Waals surface area contributed by atoms with Crippen molar-refractivity contribution in [1.82, 2.24) is 10.2 Å². The highest BCUT2D eigenvalue weighted by Crippen LogP contribution is 2.16. The van der Waals surface area contributed by atoms with Gasteiger partial charge in [-0.05, 0) is 37.9 Å². The number of nitrogens with one attached hydrogen (secondary N) is 1. The van der Waals surface area contributed by atoms with E-state index in [2.05, 4.69) is 54.5 Å². The molecule has 1 aliphatic rings. The van der Waals surface area contributed by atoms with Crippen LogP contribution < -0.4 is 5.32 Å². The normalized spacial score (nSPS) is 22.1. The molecule has 0 bridgehead atoms. The standard InChI is InChI=1S/C16H26N2/c1-14(15-8-4-3-5-9-15)12-18(2)13-16-10-6-7-11-17-16/h3-5,8-9,14,16-17H,6-7,10-13H2,1-2H3. The molecule has 1 heterocycles. The van der Waals surface area contributed by atoms with Crippen LogP contribution in [0.1, 0.15) is 37.7 Å². The SMILES string of the molecule is CC(CN(C)CC1CCCCN1)c1ccccc1. The first-order valence-corrected chi connectivity index (χ1v) is 7.22. The maximum Gasteiger partial charge on any atom is 0.0194 e. The molecule has 0 radical (unpaired) electrons. The Bertz CT molecular complexity index is 330. The predicted octanol–water partition coefficient (Wildman–Crippen LogP) is 2.86. The van der Waals surface area contributed by atoms with Crippen molar-refractivity contribution >= 4 is 0 Å². The molecule has 1 aromatic carbocycles. The largest absolute Gasteiger partial charge is 0.313 e. The molecule has 100 valence electrons. The van der Waals surface area contributed by atoms with E-state index in [9.17, 15) is 0 Å². The van der Waals surface area contributed by atoms with Gasteiger partial charge in [0.05, 0.1) is 0 Å². The third-order valence-corrected chi connectivity index (χ3v) is 3.90. The van der Waals surface area contributed by atoms with Crippen LogP contribution in [-0.4, -0.2) is 37.6 Å². The van der Waals surface area contributed by atoms with E-state index in [-0.39, 0.29) is 0 Å². The minimum atomic E-state index is 0.611. The number of benzene rings is 1. The van der Waals surface area contributed by atoms with Gasteiger partial charge in [-0.2, -0.15) is 0 Å². The number of hydrogen-bond donors (Lipinski definition) is 1. The van der Waals surface area contributed by atoms with Crippen LogP contribution in [0.25, 0.3) is 0 Å². The van der Waals surface area contributed by atoms with Crippen LogP contribution in [0.2, 0.25) is 0 Å². The minimum Gasteiger partial charge on any atom is -0.313 e. The van der Waals surface area contributed by atoms with Gasteiger partial charge in [0.1, 0.15) is 0 Å². The molecule has 0 aromatic heterocycles. The molecule has 18 heavy (non-hydrogen) atoms. The summed E-state index contributed by atoms with van der Waals surface area (Å²) in [5, 5.41) is 3.62. The third kappa shape index (κ3) is 4.11. The Morgan fingerprint density at radius 2 is 2.06 bits per heavy atom. The average Bonchev–Trinajstić information content (AvgIpc) is 2.40. The second-order valence-electron chi connectivity index (χ2n) is 5.68. The Hall–Kier alpha value is -0.860. The van der Waals surface area contributed by atoms with Gasteiger partial charge in [0, 0.05) is 19.1 Å². The van der Waals surface area contributed by atoms with E-state index in [1.807, 2.05) is 0 Å². The molecule has 0 spiro atoms. The highest BCUT2D eigenvalue weighted by atomic mass is 15.1. The summed E-state index contributed by atoms with van der Waals surface area (Å²) < 4.78 is 0. The maximum atomic E-state index is 3.62. The van der Waals surface area contributed by atoms with Crippen LogP contribution in [0.3, 0.4) is 0 Å². The van der Waals surface area contributed by atoms with Crippen LogP contribution in [0.5, 0.6) is 0 Å². The Balaban J connectivity index is 1.78. The molecule has 2 atom stereocenters. The van der Waals surface area contributed by atoms with Crippen molar-refractivity contribution in [3.8, 4) is 0 Å². The molecule has 1 fully saturated rings. The van der Waals surface area contributed by atoms with Crippen LogP contribution in [0.15, 0.2) is 30.3 Å². The zero-order valence-electron chi connectivity index (χ0n) is 11.7. The number of rotatable bonds is 5. The fraction of sp³-hybridized carbons (Fsp3) is 0.625. The van der Waals surface area contributed by atoms with Gasteiger partial charge in [0.25, 0.3) is 0 Å². The first-order valence-electron chi connectivity index (χ1n) is 7.22. The van der Waals surface area contributed by atoms with Gasteiger partial charge < -0.3 is 10.2 Å². The van der Waals surface area contributed by atoms with E-state index < -0.39 is 0 Å². The Labute approximate surface area is 111 Å². The van der Waals surface area contributed by atoms with E-state index in [0.29, 0.717) is 12.0 Å². The lowest BCUT2D eigenvalue weighted by atomic mass is 10.00. The number of nitrogens with zero attached hydrogens (tertiary/aromatic N) is 1. The van der Waals surface area contributed by atoms with Crippen molar-refractivity contribution in [2.45, 2.75) is 38.1 Å². The van der Waals surface area contributed by atoms with E-state index in [1.165, 1.54) is 37.9 Å². The van der Waals surface area contributed by atoms with E-state index in [0.717, 1.165) is 6.54 Å². The summed E-state index contributed by atoms with van der Waals surface area (Å²) >= 11 is 0. The summed E-state index contributed by atoms with van der Waals surface area (Å²) in [5.74, 6) is 0.611. The minimum absolute atomic E-state index is 0.611. The van der Waals surface area contributed by atoms with Crippen LogP contribution in [0, 0.1) is 0 Å². The lowest BCUT2D eigenvalue weighted by molar-refractivity contribution is 0.253. The molecule has 0 aliphatic carbocycles. The molecule has 2 nitrogen and oxygen atoms in total. The van der Waals surface area contributed by atoms with Crippen molar-refractivity contribution in [3.63, 3.8) is 0 Å². The molecular weight excluding hydrogens is 220 g/mol. The van der Waals surface area contributed by atoms with Crippen molar-refractivity contribution < 1.29 is 0 Å². The molecule has 1 N–H and O–H groups in total. The lowest BCUT2D eigenvalue weighted by Gasteiger charge is -2.29. The first-order chi connectivity index (χ1) is 8.75. The second-order valence-corrected chi connectivity index (χ2v) is 5.68. The summed E-state index contributed by atoms with van der Waals surface area (Å²) in [6.07, 6.45) is 4.07. The molecule has 2 unspecified atom stereocenters. The van der Waals surface area contributed by atoms with E-state index in [1.54, 1.807) is 0 Å². The lowest BCUT2D eigenvalue weighted by Crippen LogP contribution is -2.43. The highest BCUT2D eigenvalue weighted by molar-refractivity contribution is 5.18. The molecule has 1 aliphatic heterocycles. The summed E-state index contributed by atoms with van der Waals surface area (Å²) in [6.45, 7) is 5.84. The fourth-order valence-corrected chi connectivity index (χ4v) is 2.89. The van der Waals surface area contributed by atoms with Gasteiger partial charge in [0.2, 0.25) is 0 Å². The molecule has 1 saturated heterocycles. The Morgan fingerprint density at radius 3 is 2.72 bits per heavy atom. The maximum absolute atomic E-state index is 3.62. The van der Waals surface area contributed by atoms with Crippen molar-refractivity contribution in [2.75, 3.05) is 26.7 Å². The molecule has 0 amide bonds. The van der Waals surface area contributed by atoms with Gasteiger partial charge in [-0.15, -0.1) is 0 Å². The van der Waals surface area contributed by atoms with Gasteiger partial charge in [-0.3, -0.25) is 0 Å². The second kappa shape index (κ2) is 6.91. The van der Waals surface area contributed by atoms with Gasteiger partial charge >= 0.3 is 0 Å². The van der Waals surface area contributed by atoms with Crippen LogP contribution in [0.4, 0.5) is 0 Å². The monoisotopic (exact) mass is 246 g/mol. The summed E-state index contributed by atoms with van der Waals surface area (Å²) in [7, 11) is 2.25. The van der Waals surface area contributed by atoms with Crippen molar-refractivity contribution in [1.29, 1.82) is 0 Å². The van der Waals surface area contributed by atoms with Crippen molar-refractivity contribution in [2.24, 2.45) is 0 Å². The topological polar surface area (TPSA) is 15.3 Å². The number of hydrogen-bond acceptors (Lipinski definition) is 2. The molecule has 2 heteroatoms. The highest BCUT2D eigenvalue weighted by Gasteiger charge is 2.16. The van der Waals surface area contributed by atoms with E-state index >= 15 is 0 Å². The summed E-state index contributed by atoms with van der Waals surface area (Å²) in [6, 6.07) is 11.5. The van der Waals surface area contributed by atoms with Gasteiger partial charge in [-0.1, -0.05) is 43.7 Å². The van der Waals surface area contributed by atoms with Gasteiger partial charge in [0.15, 0.2) is 0 Å². The molecule has 1 aromatic rings. The van der Waals surface area contributed by atoms with Gasteiger partial charge in [-0.25, -0.2) is 0 Å². The third-order valence-electron chi connectivity index (χ3n) is 3.90. The quantitative estimate of drug-likeness (QED) is 0.859. The summed E-state index contributed by atoms with van der Waals surface area (Å²) in [4.78, 5) is 2.47. The molecular formula is C16H26N2. The molecule has 0 saturated carbocycles. The smallest absolute Gasteiger partial charge is 0.0194 e. The zero-order valence-corrected chi connectivity index (χ0v) is 11.7. The fourth-order valence-electron chi connectivity index (χ4n) is 2.89. The first kappa shape index (κ1) is 13.6. The van der Waals surface area contributed by atoms with Crippen LogP contribution >= 0.6 is 0 Å². The number of piperidine rings is 1. The Kier molecular flexibility index (Phi) is 5.21. The molecule has 2 rings (SSSR count). The zero-order chi connectivity index (χ0) is 12.8. The number of likely N-dealkylation sites (N-methyl/N-ethyl adjacent to an activating group) is 1. The van der Waals surface area contributed by atoms with Crippen molar-refractivity contribution in [3.05, 3.63) is 35.9 Å². The van der Waals surface area contributed by atoms with Crippen LogP contribution in [-0.2, 0) is 0 Å². The Morgan fingerprint density at radius 1 is 1.28 bits per heavy atom.